The van der Waals surface area contributed by atoms with Crippen LogP contribution in [0, 0.1) is 0 Å². The molecule has 0 spiro atoms. The van der Waals surface area contributed by atoms with E-state index in [1.807, 2.05) is 30.3 Å². The topological polar surface area (TPSA) is 59.1 Å². The van der Waals surface area contributed by atoms with Gasteiger partial charge in [-0.25, -0.2) is 4.79 Å². The van der Waals surface area contributed by atoms with Gasteiger partial charge in [-0.3, -0.25) is 4.79 Å². The molecule has 2 heterocycles. The fourth-order valence-corrected chi connectivity index (χ4v) is 3.18. The van der Waals surface area contributed by atoms with Crippen LogP contribution in [0.5, 0.6) is 0 Å². The first-order valence-electron chi connectivity index (χ1n) is 8.17. The van der Waals surface area contributed by atoms with Crippen molar-refractivity contribution >= 4 is 24.6 Å². The summed E-state index contributed by atoms with van der Waals surface area (Å²) in [7, 11) is 0. The van der Waals surface area contributed by atoms with Gasteiger partial charge in [0.15, 0.2) is 0 Å². The molecule has 2 saturated heterocycles. The number of carbonyl (C=O) groups is 2. The number of hydrogen-bond acceptors (Lipinski definition) is 5. The summed E-state index contributed by atoms with van der Waals surface area (Å²) in [5.41, 5.74) is 0.958. The lowest BCUT2D eigenvalue weighted by Gasteiger charge is -2.35. The van der Waals surface area contributed by atoms with E-state index in [2.05, 4.69) is 12.6 Å². The molecule has 2 aliphatic heterocycles. The van der Waals surface area contributed by atoms with E-state index >= 15 is 0 Å². The van der Waals surface area contributed by atoms with Crippen molar-refractivity contribution in [2.75, 3.05) is 32.8 Å². The summed E-state index contributed by atoms with van der Waals surface area (Å²) >= 11 is 4.34. The Kier molecular flexibility index (Phi) is 5.63. The van der Waals surface area contributed by atoms with E-state index < -0.39 is 0 Å². The number of amides is 2. The highest BCUT2D eigenvalue weighted by Gasteiger charge is 2.34. The SMILES string of the molecule is O=C(OCc1ccccc1)N1CCN(C(=O)[C@H]2C[C@@H](S)CO2)CC1. The molecule has 0 aliphatic carbocycles. The molecule has 0 N–H and O–H groups in total. The van der Waals surface area contributed by atoms with E-state index in [-0.39, 0.29) is 30.0 Å². The third-order valence-electron chi connectivity index (χ3n) is 4.31. The molecule has 0 bridgehead atoms. The smallest absolute Gasteiger partial charge is 0.410 e. The minimum atomic E-state index is -0.385. The van der Waals surface area contributed by atoms with Gasteiger partial charge in [0.2, 0.25) is 0 Å². The maximum absolute atomic E-state index is 12.4. The summed E-state index contributed by atoms with van der Waals surface area (Å²) in [5, 5.41) is 0.133. The third-order valence-corrected chi connectivity index (χ3v) is 4.67. The Morgan fingerprint density at radius 3 is 2.42 bits per heavy atom. The van der Waals surface area contributed by atoms with Crippen LogP contribution in [0.2, 0.25) is 0 Å². The maximum atomic E-state index is 12.4. The lowest BCUT2D eigenvalue weighted by molar-refractivity contribution is -0.142. The minimum Gasteiger partial charge on any atom is -0.445 e. The summed E-state index contributed by atoms with van der Waals surface area (Å²) in [6.07, 6.45) is -0.0658. The van der Waals surface area contributed by atoms with E-state index in [0.29, 0.717) is 39.2 Å². The van der Waals surface area contributed by atoms with E-state index in [9.17, 15) is 9.59 Å². The Balaban J connectivity index is 1.43. The Bertz CT molecular complexity index is 575. The third kappa shape index (κ3) is 4.21. The van der Waals surface area contributed by atoms with Gasteiger partial charge in [-0.15, -0.1) is 0 Å². The van der Waals surface area contributed by atoms with Crippen LogP contribution in [0.1, 0.15) is 12.0 Å². The van der Waals surface area contributed by atoms with Crippen molar-refractivity contribution in [2.24, 2.45) is 0 Å². The van der Waals surface area contributed by atoms with Gasteiger partial charge in [0.1, 0.15) is 12.7 Å². The highest BCUT2D eigenvalue weighted by molar-refractivity contribution is 7.81. The van der Waals surface area contributed by atoms with Gasteiger partial charge >= 0.3 is 6.09 Å². The summed E-state index contributed by atoms with van der Waals surface area (Å²) in [6.45, 7) is 2.77. The van der Waals surface area contributed by atoms with E-state index in [0.717, 1.165) is 5.56 Å². The average molecular weight is 350 g/mol. The quantitative estimate of drug-likeness (QED) is 0.841. The number of carbonyl (C=O) groups excluding carboxylic acids is 2. The molecular formula is C17H22N2O4S. The molecule has 7 heteroatoms. The number of piperazine rings is 1. The van der Waals surface area contributed by atoms with E-state index in [1.54, 1.807) is 9.80 Å². The van der Waals surface area contributed by atoms with Crippen LogP contribution in [0.25, 0.3) is 0 Å². The molecule has 0 radical (unpaired) electrons. The minimum absolute atomic E-state index is 0.00357. The number of benzene rings is 1. The zero-order valence-electron chi connectivity index (χ0n) is 13.5. The first kappa shape index (κ1) is 17.1. The second-order valence-electron chi connectivity index (χ2n) is 6.06. The van der Waals surface area contributed by atoms with Crippen LogP contribution >= 0.6 is 12.6 Å². The fourth-order valence-electron chi connectivity index (χ4n) is 2.91. The summed E-state index contributed by atoms with van der Waals surface area (Å²) in [6, 6.07) is 9.58. The number of nitrogens with zero attached hydrogens (tertiary/aromatic N) is 2. The van der Waals surface area contributed by atoms with Crippen LogP contribution in [-0.2, 0) is 20.9 Å². The van der Waals surface area contributed by atoms with E-state index in [4.69, 9.17) is 9.47 Å². The summed E-state index contributed by atoms with van der Waals surface area (Å²) in [5.74, 6) is 0.00357. The van der Waals surface area contributed by atoms with Gasteiger partial charge in [-0.2, -0.15) is 12.6 Å². The molecular weight excluding hydrogens is 328 g/mol. The summed E-state index contributed by atoms with van der Waals surface area (Å²) in [4.78, 5) is 27.9. The average Bonchev–Trinajstić information content (AvgIpc) is 3.06. The predicted molar refractivity (Wildman–Crippen MR) is 91.9 cm³/mol. The van der Waals surface area contributed by atoms with Crippen molar-refractivity contribution in [3.63, 3.8) is 0 Å². The first-order valence-corrected chi connectivity index (χ1v) is 8.69. The van der Waals surface area contributed by atoms with Gasteiger partial charge in [0.05, 0.1) is 6.61 Å². The van der Waals surface area contributed by atoms with Crippen LogP contribution in [0.3, 0.4) is 0 Å². The molecule has 2 amide bonds. The molecule has 2 fully saturated rings. The van der Waals surface area contributed by atoms with Crippen LogP contribution in [0.15, 0.2) is 30.3 Å². The van der Waals surface area contributed by atoms with Crippen LogP contribution in [0.4, 0.5) is 4.79 Å². The maximum Gasteiger partial charge on any atom is 0.410 e. The fraction of sp³-hybridized carbons (Fsp3) is 0.529. The van der Waals surface area contributed by atoms with Crippen molar-refractivity contribution < 1.29 is 19.1 Å². The van der Waals surface area contributed by atoms with Crippen molar-refractivity contribution in [2.45, 2.75) is 24.4 Å². The molecule has 1 aromatic carbocycles. The Labute approximate surface area is 147 Å². The molecule has 0 unspecified atom stereocenters. The molecule has 24 heavy (non-hydrogen) atoms. The molecule has 2 atom stereocenters. The highest BCUT2D eigenvalue weighted by Crippen LogP contribution is 2.20. The Hall–Kier alpha value is -1.73. The number of hydrogen-bond donors (Lipinski definition) is 1. The molecule has 2 aliphatic rings. The zero-order chi connectivity index (χ0) is 16.9. The zero-order valence-corrected chi connectivity index (χ0v) is 14.4. The van der Waals surface area contributed by atoms with Gasteiger partial charge in [0, 0.05) is 31.4 Å². The molecule has 6 nitrogen and oxygen atoms in total. The molecule has 0 saturated carbocycles. The van der Waals surface area contributed by atoms with Crippen molar-refractivity contribution in [1.29, 1.82) is 0 Å². The highest BCUT2D eigenvalue weighted by atomic mass is 32.1. The normalized spacial score (nSPS) is 24.0. The molecule has 1 aromatic rings. The largest absolute Gasteiger partial charge is 0.445 e. The van der Waals surface area contributed by atoms with Crippen molar-refractivity contribution in [1.82, 2.24) is 9.80 Å². The standard InChI is InChI=1S/C17H22N2O4S/c20-16(15-10-14(24)12-22-15)18-6-8-19(9-7-18)17(21)23-11-13-4-2-1-3-5-13/h1-5,14-15,24H,6-12H2/t14-,15-/m1/s1. The van der Waals surface area contributed by atoms with Crippen LogP contribution < -0.4 is 0 Å². The predicted octanol–water partition coefficient (Wildman–Crippen LogP) is 1.55. The first-order chi connectivity index (χ1) is 11.6. The molecule has 3 rings (SSSR count). The van der Waals surface area contributed by atoms with Crippen molar-refractivity contribution in [3.8, 4) is 0 Å². The number of rotatable bonds is 3. The monoisotopic (exact) mass is 350 g/mol. The van der Waals surface area contributed by atoms with Crippen molar-refractivity contribution in [3.05, 3.63) is 35.9 Å². The second-order valence-corrected chi connectivity index (χ2v) is 6.79. The Morgan fingerprint density at radius 2 is 1.79 bits per heavy atom. The molecule has 130 valence electrons. The molecule has 0 aromatic heterocycles. The van der Waals surface area contributed by atoms with Gasteiger partial charge in [-0.05, 0) is 12.0 Å². The summed E-state index contributed by atoms with van der Waals surface area (Å²) < 4.78 is 10.8. The lowest BCUT2D eigenvalue weighted by Crippen LogP contribution is -2.52. The van der Waals surface area contributed by atoms with E-state index in [1.165, 1.54) is 0 Å². The van der Waals surface area contributed by atoms with Gasteiger partial charge in [0.25, 0.3) is 5.91 Å². The van der Waals surface area contributed by atoms with Crippen LogP contribution in [-0.4, -0.2) is 65.9 Å². The van der Waals surface area contributed by atoms with Gasteiger partial charge < -0.3 is 19.3 Å². The Morgan fingerprint density at radius 1 is 1.12 bits per heavy atom. The number of ether oxygens (including phenoxy) is 2. The second kappa shape index (κ2) is 7.90. The lowest BCUT2D eigenvalue weighted by atomic mass is 10.2. The van der Waals surface area contributed by atoms with Gasteiger partial charge in [-0.1, -0.05) is 30.3 Å². The number of thiol groups is 1.